The third kappa shape index (κ3) is 7.50. The van der Waals surface area contributed by atoms with Gasteiger partial charge in [0.15, 0.2) is 12.6 Å². The summed E-state index contributed by atoms with van der Waals surface area (Å²) in [5.74, 6) is -0.340. The van der Waals surface area contributed by atoms with E-state index in [1.165, 1.54) is 6.92 Å². The molecule has 35 heavy (non-hydrogen) atoms. The maximum Gasteiger partial charge on any atom is 0.342 e. The van der Waals surface area contributed by atoms with Gasteiger partial charge in [-0.25, -0.2) is 9.88 Å². The standard InChI is InChI=1S/C22H29IN3O8P/c1-13(2)32-20(28)15(4)25-35(30,34-16-8-6-5-7-9-16)12-31-21-17(23)10-18(33-21)26-11-14(3)19(27)24-22(26)29/h5-9,11,13,15,17-18,21H,10,12H2,1-4H3,(H,25,30)(H,24,27,29)/t15-,17-,18+,21-,35?/m0/s1/i3D3. The minimum atomic E-state index is -3.86. The average Bonchev–Trinajstić information content (AvgIpc) is 3.17. The van der Waals surface area contributed by atoms with Gasteiger partial charge in [0.2, 0.25) is 0 Å². The normalized spacial score (nSPS) is 24.1. The second-order valence-electron chi connectivity index (χ2n) is 8.13. The number of esters is 1. The molecule has 0 amide bonds. The molecule has 1 aromatic carbocycles. The number of rotatable bonds is 10. The first-order valence-electron chi connectivity index (χ1n) is 12.3. The van der Waals surface area contributed by atoms with Crippen molar-refractivity contribution in [2.75, 3.05) is 6.35 Å². The number of halogens is 1. The van der Waals surface area contributed by atoms with Gasteiger partial charge in [-0.2, -0.15) is 0 Å². The summed E-state index contributed by atoms with van der Waals surface area (Å²) < 4.78 is 59.5. The van der Waals surface area contributed by atoms with Gasteiger partial charge in [0, 0.05) is 22.3 Å². The molecule has 1 unspecified atom stereocenters. The highest BCUT2D eigenvalue weighted by atomic mass is 127. The molecule has 2 N–H and O–H groups in total. The number of aromatic nitrogens is 2. The van der Waals surface area contributed by atoms with Crippen LogP contribution >= 0.6 is 30.1 Å². The number of ether oxygens (including phenoxy) is 3. The quantitative estimate of drug-likeness (QED) is 0.177. The lowest BCUT2D eigenvalue weighted by Gasteiger charge is -2.25. The van der Waals surface area contributed by atoms with E-state index in [0.29, 0.717) is 0 Å². The molecule has 1 saturated heterocycles. The lowest BCUT2D eigenvalue weighted by molar-refractivity contribution is -0.149. The number of nitrogens with zero attached hydrogens (tertiary/aromatic N) is 1. The molecular formula is C22H29IN3O8P. The number of hydrogen-bond donors (Lipinski definition) is 2. The molecule has 1 aliphatic heterocycles. The summed E-state index contributed by atoms with van der Waals surface area (Å²) in [5, 5.41) is 2.69. The van der Waals surface area contributed by atoms with Crippen molar-refractivity contribution in [3.05, 3.63) is 62.9 Å². The summed E-state index contributed by atoms with van der Waals surface area (Å²) in [6.07, 6.45) is -1.61. The molecule has 11 nitrogen and oxygen atoms in total. The van der Waals surface area contributed by atoms with Gasteiger partial charge in [-0.1, -0.05) is 40.8 Å². The Hall–Kier alpha value is -1.99. The smallest absolute Gasteiger partial charge is 0.342 e. The number of hydrogen-bond acceptors (Lipinski definition) is 8. The zero-order chi connectivity index (χ0) is 28.3. The van der Waals surface area contributed by atoms with E-state index in [1.807, 2.05) is 27.6 Å². The molecular weight excluding hydrogens is 592 g/mol. The minimum absolute atomic E-state index is 0.228. The van der Waals surface area contributed by atoms with Crippen LogP contribution in [0.1, 0.15) is 43.1 Å². The van der Waals surface area contributed by atoms with Gasteiger partial charge in [-0.15, -0.1) is 0 Å². The van der Waals surface area contributed by atoms with Crippen LogP contribution in [0.25, 0.3) is 0 Å². The van der Waals surface area contributed by atoms with Crippen LogP contribution in [0, 0.1) is 6.85 Å². The Bertz CT molecular complexity index is 1290. The van der Waals surface area contributed by atoms with E-state index >= 15 is 0 Å². The van der Waals surface area contributed by atoms with Crippen LogP contribution in [0.2, 0.25) is 0 Å². The average molecular weight is 624 g/mol. The first kappa shape index (κ1) is 23.4. The van der Waals surface area contributed by atoms with Crippen LogP contribution < -0.4 is 20.9 Å². The van der Waals surface area contributed by atoms with Gasteiger partial charge in [-0.05, 0) is 39.8 Å². The number of H-pyrrole nitrogens is 1. The number of nitrogens with one attached hydrogen (secondary N) is 2. The van der Waals surface area contributed by atoms with Gasteiger partial charge in [0.05, 0.1) is 10.0 Å². The molecule has 0 bridgehead atoms. The molecule has 0 spiro atoms. The zero-order valence-electron chi connectivity index (χ0n) is 22.3. The first-order valence-corrected chi connectivity index (χ1v) is 13.8. The Morgan fingerprint density at radius 1 is 1.34 bits per heavy atom. The maximum atomic E-state index is 13.8. The third-order valence-electron chi connectivity index (χ3n) is 4.79. The minimum Gasteiger partial charge on any atom is -0.462 e. The van der Waals surface area contributed by atoms with Crippen molar-refractivity contribution in [1.82, 2.24) is 14.6 Å². The van der Waals surface area contributed by atoms with Crippen molar-refractivity contribution < 1.29 is 32.2 Å². The fraction of sp³-hybridized carbons (Fsp3) is 0.500. The van der Waals surface area contributed by atoms with Crippen LogP contribution in [0.4, 0.5) is 0 Å². The van der Waals surface area contributed by atoms with E-state index < -0.39 is 62.1 Å². The highest BCUT2D eigenvalue weighted by Gasteiger charge is 2.39. The highest BCUT2D eigenvalue weighted by Crippen LogP contribution is 2.45. The number of benzene rings is 1. The molecule has 0 aliphatic carbocycles. The van der Waals surface area contributed by atoms with Gasteiger partial charge in [-0.3, -0.25) is 23.7 Å². The van der Waals surface area contributed by atoms with E-state index in [1.54, 1.807) is 44.2 Å². The Kier molecular flexibility index (Phi) is 7.91. The van der Waals surface area contributed by atoms with Gasteiger partial charge in [0.1, 0.15) is 18.0 Å². The molecule has 13 heteroatoms. The molecule has 5 atom stereocenters. The lowest BCUT2D eigenvalue weighted by atomic mass is 10.3. The summed E-state index contributed by atoms with van der Waals surface area (Å²) in [4.78, 5) is 38.7. The fourth-order valence-electron chi connectivity index (χ4n) is 3.22. The molecule has 0 radical (unpaired) electrons. The van der Waals surface area contributed by atoms with Crippen molar-refractivity contribution in [3.63, 3.8) is 0 Å². The number of alkyl halides is 1. The maximum absolute atomic E-state index is 13.8. The van der Waals surface area contributed by atoms with Gasteiger partial charge in [0.25, 0.3) is 5.56 Å². The number of carbonyl (C=O) groups is 1. The molecule has 1 aromatic heterocycles. The summed E-state index contributed by atoms with van der Waals surface area (Å²) in [6, 6.07) is 7.35. The van der Waals surface area contributed by atoms with Crippen molar-refractivity contribution in [2.45, 2.75) is 62.6 Å². The van der Waals surface area contributed by atoms with E-state index in [2.05, 4.69) is 5.09 Å². The van der Waals surface area contributed by atoms with Gasteiger partial charge < -0.3 is 18.7 Å². The van der Waals surface area contributed by atoms with Crippen LogP contribution in [0.5, 0.6) is 5.75 Å². The first-order chi connectivity index (χ1) is 17.7. The van der Waals surface area contributed by atoms with Crippen molar-refractivity contribution in [3.8, 4) is 5.75 Å². The second kappa shape index (κ2) is 11.8. The van der Waals surface area contributed by atoms with Crippen LogP contribution in [-0.2, 0) is 23.6 Å². The second-order valence-corrected chi connectivity index (χ2v) is 11.8. The van der Waals surface area contributed by atoms with E-state index in [4.69, 9.17) is 22.8 Å². The largest absolute Gasteiger partial charge is 0.462 e. The molecule has 1 fully saturated rings. The Labute approximate surface area is 220 Å². The topological polar surface area (TPSA) is 138 Å². The predicted octanol–water partition coefficient (Wildman–Crippen LogP) is 3.07. The number of aryl methyl sites for hydroxylation is 1. The number of para-hydroxylation sites is 1. The molecule has 1 aliphatic rings. The van der Waals surface area contributed by atoms with E-state index in [-0.39, 0.29) is 22.2 Å². The third-order valence-corrected chi connectivity index (χ3v) is 7.66. The SMILES string of the molecule is [2H]C([2H])([2H])c1cn([C@H]2C[C@H](I)[C@@H](OCP(=O)(N[C@@H](C)C(=O)OC(C)C)Oc3ccccc3)O2)c(=O)[nH]c1=O. The Morgan fingerprint density at radius 3 is 2.71 bits per heavy atom. The van der Waals surface area contributed by atoms with Crippen LogP contribution in [0.3, 0.4) is 0 Å². The molecule has 2 heterocycles. The molecule has 3 rings (SSSR count). The summed E-state index contributed by atoms with van der Waals surface area (Å²) >= 11 is 2.03. The van der Waals surface area contributed by atoms with Crippen molar-refractivity contribution >= 4 is 36.1 Å². The Balaban J connectivity index is 1.77. The summed E-state index contributed by atoms with van der Waals surface area (Å²) in [6.45, 7) is 2.13. The van der Waals surface area contributed by atoms with E-state index in [9.17, 15) is 18.9 Å². The predicted molar refractivity (Wildman–Crippen MR) is 137 cm³/mol. The fourth-order valence-corrected chi connectivity index (χ4v) is 5.71. The molecule has 2 aromatic rings. The zero-order valence-corrected chi connectivity index (χ0v) is 22.4. The Morgan fingerprint density at radius 2 is 2.06 bits per heavy atom. The number of carbonyl (C=O) groups excluding carboxylic acids is 1. The van der Waals surface area contributed by atoms with Crippen molar-refractivity contribution in [1.29, 1.82) is 0 Å². The molecule has 192 valence electrons. The van der Waals surface area contributed by atoms with Crippen LogP contribution in [0.15, 0.2) is 46.1 Å². The monoisotopic (exact) mass is 624 g/mol. The van der Waals surface area contributed by atoms with Crippen molar-refractivity contribution in [2.24, 2.45) is 0 Å². The molecule has 0 saturated carbocycles. The highest BCUT2D eigenvalue weighted by molar-refractivity contribution is 14.1. The summed E-state index contributed by atoms with van der Waals surface area (Å²) in [7, 11) is -3.86. The lowest BCUT2D eigenvalue weighted by Crippen LogP contribution is -2.37. The number of aromatic amines is 1. The summed E-state index contributed by atoms with van der Waals surface area (Å²) in [5.41, 5.74) is -2.39. The van der Waals surface area contributed by atoms with E-state index in [0.717, 1.165) is 10.8 Å². The van der Waals surface area contributed by atoms with Gasteiger partial charge >= 0.3 is 19.2 Å². The van der Waals surface area contributed by atoms with Crippen LogP contribution in [-0.4, -0.2) is 44.2 Å².